The highest BCUT2D eigenvalue weighted by molar-refractivity contribution is 5.88. The van der Waals surface area contributed by atoms with E-state index in [4.69, 9.17) is 4.74 Å². The van der Waals surface area contributed by atoms with E-state index in [0.29, 0.717) is 5.69 Å². The van der Waals surface area contributed by atoms with E-state index in [0.717, 1.165) is 11.4 Å². The van der Waals surface area contributed by atoms with Crippen molar-refractivity contribution in [3.63, 3.8) is 0 Å². The molecule has 5 heteroatoms. The Balaban J connectivity index is 2.53. The summed E-state index contributed by atoms with van der Waals surface area (Å²) in [5, 5.41) is 4.23. The van der Waals surface area contributed by atoms with Crippen LogP contribution >= 0.6 is 0 Å². The maximum atomic E-state index is 11.5. The third-order valence-corrected chi connectivity index (χ3v) is 2.12. The van der Waals surface area contributed by atoms with E-state index in [-0.39, 0.29) is 0 Å². The van der Waals surface area contributed by atoms with Crippen molar-refractivity contribution in [1.82, 2.24) is 14.8 Å². The average Bonchev–Trinajstić information content (AvgIpc) is 2.71. The molecule has 16 heavy (non-hydrogen) atoms. The van der Waals surface area contributed by atoms with Gasteiger partial charge in [-0.05, 0) is 25.1 Å². The second kappa shape index (κ2) is 4.14. The highest BCUT2D eigenvalue weighted by Crippen LogP contribution is 2.12. The molecule has 0 fully saturated rings. The Morgan fingerprint density at radius 2 is 2.31 bits per heavy atom. The second-order valence-electron chi connectivity index (χ2n) is 3.29. The van der Waals surface area contributed by atoms with Gasteiger partial charge in [0.05, 0.1) is 24.7 Å². The zero-order valence-corrected chi connectivity index (χ0v) is 9.04. The van der Waals surface area contributed by atoms with Gasteiger partial charge in [-0.3, -0.25) is 4.98 Å². The Morgan fingerprint density at radius 3 is 2.94 bits per heavy atom. The molecule has 0 radical (unpaired) electrons. The van der Waals surface area contributed by atoms with E-state index in [1.807, 2.05) is 13.0 Å². The van der Waals surface area contributed by atoms with Crippen molar-refractivity contribution >= 4 is 5.97 Å². The monoisotopic (exact) mass is 217 g/mol. The predicted octanol–water partition coefficient (Wildman–Crippen LogP) is 1.36. The van der Waals surface area contributed by atoms with E-state index in [1.165, 1.54) is 11.8 Å². The fourth-order valence-electron chi connectivity index (χ4n) is 1.43. The Labute approximate surface area is 92.7 Å². The summed E-state index contributed by atoms with van der Waals surface area (Å²) in [5.74, 6) is -0.413. The minimum absolute atomic E-state index is 0.396. The van der Waals surface area contributed by atoms with E-state index >= 15 is 0 Å². The molecule has 2 aromatic heterocycles. The van der Waals surface area contributed by atoms with Crippen molar-refractivity contribution in [3.8, 4) is 5.69 Å². The Hall–Kier alpha value is -2.17. The maximum absolute atomic E-state index is 11.5. The van der Waals surface area contributed by atoms with Crippen LogP contribution in [0.4, 0.5) is 0 Å². The summed E-state index contributed by atoms with van der Waals surface area (Å²) in [7, 11) is 1.35. The molecule has 0 aliphatic carbocycles. The molecule has 0 saturated carbocycles. The quantitative estimate of drug-likeness (QED) is 0.713. The Morgan fingerprint density at radius 1 is 1.50 bits per heavy atom. The standard InChI is InChI=1S/C11H11N3O2/c1-8-6-10(11(15)16-2)14(13-8)9-4-3-5-12-7-9/h3-7H,1-2H3. The van der Waals surface area contributed by atoms with Crippen molar-refractivity contribution < 1.29 is 9.53 Å². The van der Waals surface area contributed by atoms with Crippen molar-refractivity contribution in [3.05, 3.63) is 42.0 Å². The molecule has 0 spiro atoms. The summed E-state index contributed by atoms with van der Waals surface area (Å²) in [4.78, 5) is 15.5. The number of pyridine rings is 1. The molecule has 0 bridgehead atoms. The molecule has 0 N–H and O–H groups in total. The highest BCUT2D eigenvalue weighted by atomic mass is 16.5. The van der Waals surface area contributed by atoms with Crippen LogP contribution in [-0.4, -0.2) is 27.8 Å². The third kappa shape index (κ3) is 1.79. The van der Waals surface area contributed by atoms with Crippen LogP contribution in [0.15, 0.2) is 30.6 Å². The number of ether oxygens (including phenoxy) is 1. The van der Waals surface area contributed by atoms with Gasteiger partial charge in [0.2, 0.25) is 0 Å². The molecule has 5 nitrogen and oxygen atoms in total. The largest absolute Gasteiger partial charge is 0.464 e. The predicted molar refractivity (Wildman–Crippen MR) is 57.4 cm³/mol. The normalized spacial score (nSPS) is 10.1. The molecule has 2 aromatic rings. The Bertz CT molecular complexity index is 505. The molecular formula is C11H11N3O2. The number of esters is 1. The summed E-state index contributed by atoms with van der Waals surface area (Å²) in [6.45, 7) is 1.82. The lowest BCUT2D eigenvalue weighted by Gasteiger charge is -2.04. The molecule has 0 aliphatic heterocycles. The number of methoxy groups -OCH3 is 1. The number of hydrogen-bond acceptors (Lipinski definition) is 4. The number of rotatable bonds is 2. The van der Waals surface area contributed by atoms with Gasteiger partial charge in [-0.1, -0.05) is 0 Å². The van der Waals surface area contributed by atoms with Crippen LogP contribution in [0.1, 0.15) is 16.2 Å². The molecule has 2 rings (SSSR count). The first-order valence-corrected chi connectivity index (χ1v) is 4.78. The third-order valence-electron chi connectivity index (χ3n) is 2.12. The zero-order chi connectivity index (χ0) is 11.5. The SMILES string of the molecule is COC(=O)c1cc(C)nn1-c1cccnc1. The molecule has 2 heterocycles. The lowest BCUT2D eigenvalue weighted by molar-refractivity contribution is 0.0590. The average molecular weight is 217 g/mol. The molecule has 0 aromatic carbocycles. The maximum Gasteiger partial charge on any atom is 0.356 e. The minimum atomic E-state index is -0.413. The number of carbonyl (C=O) groups excluding carboxylic acids is 1. The first kappa shape index (κ1) is 10.4. The van der Waals surface area contributed by atoms with Crippen LogP contribution < -0.4 is 0 Å². The van der Waals surface area contributed by atoms with E-state index < -0.39 is 5.97 Å². The van der Waals surface area contributed by atoms with E-state index in [1.54, 1.807) is 24.5 Å². The van der Waals surface area contributed by atoms with E-state index in [9.17, 15) is 4.79 Å². The molecule has 0 amide bonds. The van der Waals surface area contributed by atoms with Gasteiger partial charge in [-0.15, -0.1) is 0 Å². The van der Waals surface area contributed by atoms with Crippen molar-refractivity contribution in [2.75, 3.05) is 7.11 Å². The number of nitrogens with zero attached hydrogens (tertiary/aromatic N) is 3. The van der Waals surface area contributed by atoms with Crippen LogP contribution in [0.3, 0.4) is 0 Å². The number of hydrogen-bond donors (Lipinski definition) is 0. The Kier molecular flexibility index (Phi) is 2.68. The van der Waals surface area contributed by atoms with Gasteiger partial charge in [0.15, 0.2) is 5.69 Å². The van der Waals surface area contributed by atoms with Crippen LogP contribution in [-0.2, 0) is 4.74 Å². The number of aromatic nitrogens is 3. The minimum Gasteiger partial charge on any atom is -0.464 e. The van der Waals surface area contributed by atoms with Gasteiger partial charge < -0.3 is 4.74 Å². The fourth-order valence-corrected chi connectivity index (χ4v) is 1.43. The molecule has 82 valence electrons. The summed E-state index contributed by atoms with van der Waals surface area (Å²) >= 11 is 0. The molecule has 0 saturated heterocycles. The molecule has 0 aliphatic rings. The number of carbonyl (C=O) groups is 1. The molecular weight excluding hydrogens is 206 g/mol. The first-order valence-electron chi connectivity index (χ1n) is 4.78. The van der Waals surface area contributed by atoms with Gasteiger partial charge in [0, 0.05) is 6.20 Å². The fraction of sp³-hybridized carbons (Fsp3) is 0.182. The smallest absolute Gasteiger partial charge is 0.356 e. The van der Waals surface area contributed by atoms with Crippen molar-refractivity contribution in [1.29, 1.82) is 0 Å². The second-order valence-corrected chi connectivity index (χ2v) is 3.29. The van der Waals surface area contributed by atoms with Gasteiger partial charge in [-0.25, -0.2) is 9.48 Å². The summed E-state index contributed by atoms with van der Waals surface area (Å²) in [5.41, 5.74) is 1.88. The van der Waals surface area contributed by atoms with E-state index in [2.05, 4.69) is 10.1 Å². The van der Waals surface area contributed by atoms with Gasteiger partial charge >= 0.3 is 5.97 Å². The van der Waals surface area contributed by atoms with Crippen molar-refractivity contribution in [2.24, 2.45) is 0 Å². The highest BCUT2D eigenvalue weighted by Gasteiger charge is 2.15. The van der Waals surface area contributed by atoms with Crippen LogP contribution in [0.5, 0.6) is 0 Å². The van der Waals surface area contributed by atoms with Crippen LogP contribution in [0, 0.1) is 6.92 Å². The van der Waals surface area contributed by atoms with Crippen LogP contribution in [0.25, 0.3) is 5.69 Å². The topological polar surface area (TPSA) is 57.0 Å². The van der Waals surface area contributed by atoms with Gasteiger partial charge in [0.25, 0.3) is 0 Å². The van der Waals surface area contributed by atoms with Crippen LogP contribution in [0.2, 0.25) is 0 Å². The summed E-state index contributed by atoms with van der Waals surface area (Å²) < 4.78 is 6.21. The first-order chi connectivity index (χ1) is 7.72. The molecule has 0 atom stereocenters. The lowest BCUT2D eigenvalue weighted by atomic mass is 10.3. The summed E-state index contributed by atoms with van der Waals surface area (Å²) in [6.07, 6.45) is 3.30. The summed E-state index contributed by atoms with van der Waals surface area (Å²) in [6, 6.07) is 5.29. The number of aryl methyl sites for hydroxylation is 1. The van der Waals surface area contributed by atoms with Crippen molar-refractivity contribution in [2.45, 2.75) is 6.92 Å². The lowest BCUT2D eigenvalue weighted by Crippen LogP contribution is -2.10. The zero-order valence-electron chi connectivity index (χ0n) is 9.04. The van der Waals surface area contributed by atoms with Gasteiger partial charge in [-0.2, -0.15) is 5.10 Å². The molecule has 0 unspecified atom stereocenters. The van der Waals surface area contributed by atoms with Gasteiger partial charge in [0.1, 0.15) is 0 Å².